The van der Waals surface area contributed by atoms with E-state index < -0.39 is 0 Å². The summed E-state index contributed by atoms with van der Waals surface area (Å²) in [5.41, 5.74) is 9.60. The average Bonchev–Trinajstić information content (AvgIpc) is 2.96. The van der Waals surface area contributed by atoms with Gasteiger partial charge in [0.05, 0.1) is 31.1 Å². The van der Waals surface area contributed by atoms with E-state index in [4.69, 9.17) is 14.5 Å². The van der Waals surface area contributed by atoms with Crippen LogP contribution in [-0.2, 0) is 30.7 Å². The van der Waals surface area contributed by atoms with Crippen LogP contribution in [0.25, 0.3) is 11.3 Å². The molecule has 2 aliphatic rings. The number of carbonyl (C=O) groups excluding carboxylic acids is 1. The minimum atomic E-state index is -0.0393. The molecule has 37 heavy (non-hydrogen) atoms. The Labute approximate surface area is 216 Å². The molecule has 0 radical (unpaired) electrons. The number of carbonyl (C=O) groups is 1. The molecule has 0 N–H and O–H groups in total. The molecule has 0 bridgehead atoms. The maximum Gasteiger partial charge on any atom is 0.255 e. The number of nitrogens with zero attached hydrogens (tertiary/aromatic N) is 3. The molecule has 1 atom stereocenters. The third-order valence-electron chi connectivity index (χ3n) is 7.45. The lowest BCUT2D eigenvalue weighted by Gasteiger charge is -2.35. The van der Waals surface area contributed by atoms with Gasteiger partial charge in [-0.1, -0.05) is 30.3 Å². The van der Waals surface area contributed by atoms with Crippen molar-refractivity contribution in [2.24, 2.45) is 0 Å². The second-order valence-corrected chi connectivity index (χ2v) is 9.66. The molecule has 0 aliphatic carbocycles. The van der Waals surface area contributed by atoms with E-state index in [0.717, 1.165) is 45.8 Å². The molecule has 186 valence electrons. The monoisotopic (exact) mass is 491 g/mol. The van der Waals surface area contributed by atoms with Crippen LogP contribution in [0.2, 0.25) is 0 Å². The summed E-state index contributed by atoms with van der Waals surface area (Å²) in [6.45, 7) is 3.76. The molecule has 2 aromatic carbocycles. The van der Waals surface area contributed by atoms with E-state index in [1.54, 1.807) is 25.6 Å². The first-order chi connectivity index (χ1) is 18.1. The number of hydrogen-bond donors (Lipinski definition) is 0. The predicted molar refractivity (Wildman–Crippen MR) is 141 cm³/mol. The van der Waals surface area contributed by atoms with Crippen LogP contribution in [0.1, 0.15) is 50.0 Å². The van der Waals surface area contributed by atoms with Crippen LogP contribution in [0, 0.1) is 6.92 Å². The number of amides is 1. The number of methoxy groups -OCH3 is 1. The number of rotatable bonds is 4. The number of fused-ring (bicyclic) bond motifs is 3. The highest BCUT2D eigenvalue weighted by molar-refractivity contribution is 5.94. The largest absolute Gasteiger partial charge is 0.497 e. The SMILES string of the molecule is COc1ccc(-c2nc3c(c4c2C[C@H](c2ccccc2)OC4)CN(C(=O)c2cccnc2)CC3)c(C)c1. The highest BCUT2D eigenvalue weighted by atomic mass is 16.5. The second kappa shape index (κ2) is 9.79. The van der Waals surface area contributed by atoms with Crippen LogP contribution < -0.4 is 4.74 Å². The molecule has 0 fully saturated rings. The smallest absolute Gasteiger partial charge is 0.255 e. The van der Waals surface area contributed by atoms with Crippen molar-refractivity contribution in [2.75, 3.05) is 13.7 Å². The van der Waals surface area contributed by atoms with E-state index >= 15 is 0 Å². The van der Waals surface area contributed by atoms with Crippen molar-refractivity contribution in [3.8, 4) is 17.0 Å². The summed E-state index contributed by atoms with van der Waals surface area (Å²) in [6, 6.07) is 20.2. The summed E-state index contributed by atoms with van der Waals surface area (Å²) in [4.78, 5) is 24.5. The van der Waals surface area contributed by atoms with Crippen molar-refractivity contribution in [1.29, 1.82) is 0 Å². The Morgan fingerprint density at radius 3 is 2.68 bits per heavy atom. The number of aryl methyl sites for hydroxylation is 1. The van der Waals surface area contributed by atoms with Crippen LogP contribution in [-0.4, -0.2) is 34.4 Å². The average molecular weight is 492 g/mol. The molecular weight excluding hydrogens is 462 g/mol. The van der Waals surface area contributed by atoms with Gasteiger partial charge in [-0.05, 0) is 65.1 Å². The zero-order valence-corrected chi connectivity index (χ0v) is 21.1. The quantitative estimate of drug-likeness (QED) is 0.379. The summed E-state index contributed by atoms with van der Waals surface area (Å²) >= 11 is 0. The molecule has 2 aliphatic heterocycles. The Kier molecular flexibility index (Phi) is 6.18. The van der Waals surface area contributed by atoms with Crippen LogP contribution >= 0.6 is 0 Å². The van der Waals surface area contributed by atoms with Crippen LogP contribution in [0.5, 0.6) is 5.75 Å². The number of aromatic nitrogens is 2. The van der Waals surface area contributed by atoms with Gasteiger partial charge in [-0.25, -0.2) is 0 Å². The number of pyridine rings is 2. The first kappa shape index (κ1) is 23.4. The minimum absolute atomic E-state index is 0.00136. The van der Waals surface area contributed by atoms with Gasteiger partial charge in [-0.2, -0.15) is 0 Å². The second-order valence-electron chi connectivity index (χ2n) is 9.66. The van der Waals surface area contributed by atoms with Crippen molar-refractivity contribution >= 4 is 5.91 Å². The third-order valence-corrected chi connectivity index (χ3v) is 7.45. The molecule has 6 nitrogen and oxygen atoms in total. The van der Waals surface area contributed by atoms with Crippen molar-refractivity contribution in [3.63, 3.8) is 0 Å². The van der Waals surface area contributed by atoms with Crippen LogP contribution in [0.3, 0.4) is 0 Å². The van der Waals surface area contributed by atoms with Crippen molar-refractivity contribution in [2.45, 2.75) is 39.0 Å². The topological polar surface area (TPSA) is 64.6 Å². The first-order valence-corrected chi connectivity index (χ1v) is 12.7. The fourth-order valence-corrected chi connectivity index (χ4v) is 5.47. The lowest BCUT2D eigenvalue weighted by Crippen LogP contribution is -2.38. The van der Waals surface area contributed by atoms with Crippen molar-refractivity contribution < 1.29 is 14.3 Å². The highest BCUT2D eigenvalue weighted by Gasteiger charge is 2.32. The van der Waals surface area contributed by atoms with Gasteiger partial charge in [0.15, 0.2) is 0 Å². The van der Waals surface area contributed by atoms with Gasteiger partial charge in [-0.15, -0.1) is 0 Å². The Hall–Kier alpha value is -4.03. The van der Waals surface area contributed by atoms with E-state index in [1.807, 2.05) is 23.1 Å². The normalized spacial score (nSPS) is 16.6. The summed E-state index contributed by atoms with van der Waals surface area (Å²) in [5.74, 6) is 0.838. The fourth-order valence-electron chi connectivity index (χ4n) is 5.47. The van der Waals surface area contributed by atoms with Gasteiger partial charge >= 0.3 is 0 Å². The maximum atomic E-state index is 13.2. The van der Waals surface area contributed by atoms with Gasteiger partial charge < -0.3 is 14.4 Å². The maximum absolute atomic E-state index is 13.2. The predicted octanol–water partition coefficient (Wildman–Crippen LogP) is 5.47. The van der Waals surface area contributed by atoms with Crippen LogP contribution in [0.4, 0.5) is 0 Å². The zero-order valence-electron chi connectivity index (χ0n) is 21.1. The number of ether oxygens (including phenoxy) is 2. The molecule has 1 amide bonds. The van der Waals surface area contributed by atoms with Gasteiger partial charge in [0.1, 0.15) is 5.75 Å². The third kappa shape index (κ3) is 4.38. The zero-order chi connectivity index (χ0) is 25.4. The van der Waals surface area contributed by atoms with Crippen LogP contribution in [0.15, 0.2) is 73.1 Å². The molecule has 2 aromatic heterocycles. The van der Waals surface area contributed by atoms with E-state index in [1.165, 1.54) is 11.1 Å². The molecule has 0 saturated carbocycles. The Balaban J connectivity index is 1.44. The molecule has 6 heteroatoms. The van der Waals surface area contributed by atoms with E-state index in [2.05, 4.69) is 48.3 Å². The summed E-state index contributed by atoms with van der Waals surface area (Å²) in [7, 11) is 1.69. The van der Waals surface area contributed by atoms with E-state index in [0.29, 0.717) is 31.7 Å². The first-order valence-electron chi connectivity index (χ1n) is 12.7. The minimum Gasteiger partial charge on any atom is -0.497 e. The lowest BCUT2D eigenvalue weighted by atomic mass is 9.86. The molecule has 0 saturated heterocycles. The standard InChI is InChI=1S/C31H29N3O3/c1-20-15-23(36-2)10-11-24(20)30-25-16-29(21-7-4-3-5-8-21)37-19-27(25)26-18-34(14-12-28(26)33-30)31(35)22-9-6-13-32-17-22/h3-11,13,15,17,29H,12,14,16,18-19H2,1-2H3/t29-/m1/s1. The van der Waals surface area contributed by atoms with Gasteiger partial charge in [-0.3, -0.25) is 14.8 Å². The molecule has 4 heterocycles. The summed E-state index contributed by atoms with van der Waals surface area (Å²) < 4.78 is 11.9. The van der Waals surface area contributed by atoms with E-state index in [9.17, 15) is 4.79 Å². The van der Waals surface area contributed by atoms with Crippen molar-refractivity contribution in [1.82, 2.24) is 14.9 Å². The van der Waals surface area contributed by atoms with E-state index in [-0.39, 0.29) is 12.0 Å². The Morgan fingerprint density at radius 2 is 1.92 bits per heavy atom. The number of benzene rings is 2. The Morgan fingerprint density at radius 1 is 1.05 bits per heavy atom. The van der Waals surface area contributed by atoms with Gasteiger partial charge in [0.25, 0.3) is 5.91 Å². The molecule has 0 unspecified atom stereocenters. The fraction of sp³-hybridized carbons (Fsp3) is 0.258. The Bertz CT molecular complexity index is 1450. The number of hydrogen-bond acceptors (Lipinski definition) is 5. The highest BCUT2D eigenvalue weighted by Crippen LogP contribution is 2.40. The summed E-state index contributed by atoms with van der Waals surface area (Å²) in [6.07, 6.45) is 4.72. The lowest BCUT2D eigenvalue weighted by molar-refractivity contribution is 0.0261. The molecule has 4 aromatic rings. The van der Waals surface area contributed by atoms with Gasteiger partial charge in [0, 0.05) is 49.6 Å². The van der Waals surface area contributed by atoms with Gasteiger partial charge in [0.2, 0.25) is 0 Å². The van der Waals surface area contributed by atoms with Crippen molar-refractivity contribution in [3.05, 3.63) is 112 Å². The summed E-state index contributed by atoms with van der Waals surface area (Å²) in [5, 5.41) is 0. The molecule has 0 spiro atoms. The molecule has 6 rings (SSSR count). The molecular formula is C31H29N3O3.